The molecule has 1 aromatic carbocycles. The molecule has 0 fully saturated rings. The lowest BCUT2D eigenvalue weighted by atomic mass is 10.3. The monoisotopic (exact) mass is 317 g/mol. The number of para-hydroxylation sites is 1. The van der Waals surface area contributed by atoms with Crippen molar-refractivity contribution in [3.05, 3.63) is 27.8 Å². The van der Waals surface area contributed by atoms with Gasteiger partial charge in [-0.2, -0.15) is 5.26 Å². The van der Waals surface area contributed by atoms with Gasteiger partial charge in [0.2, 0.25) is 0 Å². The van der Waals surface area contributed by atoms with Crippen LogP contribution in [0.3, 0.4) is 0 Å². The van der Waals surface area contributed by atoms with Crippen LogP contribution in [0, 0.1) is 15.0 Å². The van der Waals surface area contributed by atoms with Gasteiger partial charge in [0.1, 0.15) is 0 Å². The Morgan fingerprint density at radius 1 is 1.57 bits per heavy atom. The molecule has 3 nitrogen and oxygen atoms in total. The van der Waals surface area contributed by atoms with Gasteiger partial charge in [0.05, 0.1) is 5.69 Å². The zero-order valence-electron chi connectivity index (χ0n) is 7.49. The molecule has 0 aliphatic carbocycles. The van der Waals surface area contributed by atoms with Gasteiger partial charge in [0.25, 0.3) is 0 Å². The molecular formula is C9H8IN3S. The van der Waals surface area contributed by atoms with Crippen molar-refractivity contribution in [3.8, 4) is 6.19 Å². The van der Waals surface area contributed by atoms with Crippen LogP contribution in [0.2, 0.25) is 0 Å². The fraction of sp³-hybridized carbons (Fsp3) is 0.111. The highest BCUT2D eigenvalue weighted by molar-refractivity contribution is 14.1. The minimum atomic E-state index is 0.608. The quantitative estimate of drug-likeness (QED) is 0.285. The van der Waals surface area contributed by atoms with E-state index in [0.717, 1.165) is 9.26 Å². The summed E-state index contributed by atoms with van der Waals surface area (Å²) in [4.78, 5) is 4.30. The second-order valence-electron chi connectivity index (χ2n) is 2.31. The Morgan fingerprint density at radius 2 is 2.29 bits per heavy atom. The highest BCUT2D eigenvalue weighted by Gasteiger charge is 1.99. The number of halogens is 1. The number of aliphatic imine (C=N–C) groups is 1. The molecule has 0 atom stereocenters. The molecule has 0 aromatic heterocycles. The SMILES string of the molecule is CSC(=Nc1ccccc1I)NC#N. The van der Waals surface area contributed by atoms with E-state index >= 15 is 0 Å². The predicted octanol–water partition coefficient (Wildman–Crippen LogP) is 2.71. The Bertz CT molecular complexity index is 384. The molecule has 72 valence electrons. The van der Waals surface area contributed by atoms with Crippen LogP contribution in [0.5, 0.6) is 0 Å². The smallest absolute Gasteiger partial charge is 0.183 e. The van der Waals surface area contributed by atoms with Crippen molar-refractivity contribution in [1.82, 2.24) is 5.32 Å². The van der Waals surface area contributed by atoms with Crippen molar-refractivity contribution in [2.24, 2.45) is 4.99 Å². The third kappa shape index (κ3) is 3.20. The van der Waals surface area contributed by atoms with Gasteiger partial charge in [-0.25, -0.2) is 4.99 Å². The average molecular weight is 317 g/mol. The Hall–Kier alpha value is -0.740. The molecule has 0 aliphatic rings. The number of benzene rings is 1. The van der Waals surface area contributed by atoms with Crippen LogP contribution < -0.4 is 5.32 Å². The van der Waals surface area contributed by atoms with Crippen LogP contribution in [0.4, 0.5) is 5.69 Å². The minimum Gasteiger partial charge on any atom is -0.271 e. The first-order valence-corrected chi connectivity index (χ1v) is 6.10. The summed E-state index contributed by atoms with van der Waals surface area (Å²) >= 11 is 3.62. The highest BCUT2D eigenvalue weighted by atomic mass is 127. The Kier molecular flexibility index (Phi) is 4.76. The van der Waals surface area contributed by atoms with Gasteiger partial charge in [-0.3, -0.25) is 5.32 Å². The molecular weight excluding hydrogens is 309 g/mol. The number of hydrogen-bond acceptors (Lipinski definition) is 3. The van der Waals surface area contributed by atoms with Crippen molar-refractivity contribution >= 4 is 45.2 Å². The summed E-state index contributed by atoms with van der Waals surface area (Å²) in [5.41, 5.74) is 0.875. The van der Waals surface area contributed by atoms with Crippen molar-refractivity contribution in [3.63, 3.8) is 0 Å². The molecule has 1 rings (SSSR count). The van der Waals surface area contributed by atoms with Crippen LogP contribution in [-0.4, -0.2) is 11.4 Å². The van der Waals surface area contributed by atoms with Crippen LogP contribution in [0.1, 0.15) is 0 Å². The van der Waals surface area contributed by atoms with Crippen LogP contribution in [0.25, 0.3) is 0 Å². The molecule has 0 saturated heterocycles. The molecule has 0 aliphatic heterocycles. The summed E-state index contributed by atoms with van der Waals surface area (Å²) in [6, 6.07) is 7.77. The maximum Gasteiger partial charge on any atom is 0.183 e. The van der Waals surface area contributed by atoms with E-state index in [1.54, 1.807) is 0 Å². The molecule has 0 amide bonds. The van der Waals surface area contributed by atoms with Gasteiger partial charge in [0.15, 0.2) is 11.4 Å². The number of nitriles is 1. The standard InChI is InChI=1S/C9H8IN3S/c1-14-9(12-6-11)13-8-5-3-2-4-7(8)10/h2-5H,1H3,(H,12,13). The predicted molar refractivity (Wildman–Crippen MR) is 68.5 cm³/mol. The van der Waals surface area contributed by atoms with Crippen molar-refractivity contribution in [2.45, 2.75) is 0 Å². The normalized spacial score (nSPS) is 10.8. The van der Waals surface area contributed by atoms with Gasteiger partial charge in [-0.1, -0.05) is 23.9 Å². The Morgan fingerprint density at radius 3 is 2.86 bits per heavy atom. The first-order valence-electron chi connectivity index (χ1n) is 3.80. The number of nitrogens with one attached hydrogen (secondary N) is 1. The maximum absolute atomic E-state index is 8.46. The van der Waals surface area contributed by atoms with E-state index < -0.39 is 0 Å². The fourth-order valence-corrected chi connectivity index (χ4v) is 1.67. The van der Waals surface area contributed by atoms with Crippen molar-refractivity contribution in [1.29, 1.82) is 5.26 Å². The molecule has 0 unspecified atom stereocenters. The van der Waals surface area contributed by atoms with Gasteiger partial charge in [-0.15, -0.1) is 0 Å². The average Bonchev–Trinajstić information content (AvgIpc) is 2.20. The Labute approximate surface area is 101 Å². The van der Waals surface area contributed by atoms with E-state index in [-0.39, 0.29) is 0 Å². The second-order valence-corrected chi connectivity index (χ2v) is 4.27. The molecule has 5 heteroatoms. The van der Waals surface area contributed by atoms with Crippen LogP contribution in [0.15, 0.2) is 29.3 Å². The third-order valence-electron chi connectivity index (χ3n) is 1.43. The second kappa shape index (κ2) is 5.88. The van der Waals surface area contributed by atoms with Crippen LogP contribution >= 0.6 is 34.4 Å². The van der Waals surface area contributed by atoms with Crippen LogP contribution in [-0.2, 0) is 0 Å². The molecule has 1 N–H and O–H groups in total. The number of rotatable bonds is 1. The topological polar surface area (TPSA) is 48.2 Å². The zero-order valence-corrected chi connectivity index (χ0v) is 10.5. The molecule has 0 saturated carbocycles. The van der Waals surface area contributed by atoms with Gasteiger partial charge < -0.3 is 0 Å². The summed E-state index contributed by atoms with van der Waals surface area (Å²) in [5.74, 6) is 0. The van der Waals surface area contributed by atoms with E-state index in [4.69, 9.17) is 5.26 Å². The van der Waals surface area contributed by atoms with E-state index in [9.17, 15) is 0 Å². The molecule has 0 bridgehead atoms. The molecule has 0 heterocycles. The lowest BCUT2D eigenvalue weighted by Gasteiger charge is -2.01. The highest BCUT2D eigenvalue weighted by Crippen LogP contribution is 2.21. The summed E-state index contributed by atoms with van der Waals surface area (Å²) < 4.78 is 1.07. The largest absolute Gasteiger partial charge is 0.271 e. The lowest BCUT2D eigenvalue weighted by Crippen LogP contribution is -2.12. The Balaban J connectivity index is 2.95. The number of nitrogens with zero attached hydrogens (tertiary/aromatic N) is 2. The minimum absolute atomic E-state index is 0.608. The molecule has 0 spiro atoms. The number of thioether (sulfide) groups is 1. The van der Waals surface area contributed by atoms with Crippen molar-refractivity contribution < 1.29 is 0 Å². The third-order valence-corrected chi connectivity index (χ3v) is 2.92. The van der Waals surface area contributed by atoms with Crippen molar-refractivity contribution in [2.75, 3.05) is 6.26 Å². The first kappa shape index (κ1) is 11.3. The van der Waals surface area contributed by atoms with Gasteiger partial charge in [0, 0.05) is 3.57 Å². The molecule has 14 heavy (non-hydrogen) atoms. The molecule has 1 aromatic rings. The maximum atomic E-state index is 8.46. The molecule has 0 radical (unpaired) electrons. The fourth-order valence-electron chi connectivity index (χ4n) is 0.824. The van der Waals surface area contributed by atoms with E-state index in [1.807, 2.05) is 36.7 Å². The summed E-state index contributed by atoms with van der Waals surface area (Å²) in [6.45, 7) is 0. The number of amidine groups is 1. The van der Waals surface area contributed by atoms with E-state index in [1.165, 1.54) is 11.8 Å². The zero-order chi connectivity index (χ0) is 10.4. The van der Waals surface area contributed by atoms with E-state index in [0.29, 0.717) is 5.17 Å². The number of hydrogen-bond donors (Lipinski definition) is 1. The summed E-state index contributed by atoms with van der Waals surface area (Å²) in [5, 5.41) is 11.6. The van der Waals surface area contributed by atoms with Gasteiger partial charge in [-0.05, 0) is 41.0 Å². The summed E-state index contributed by atoms with van der Waals surface area (Å²) in [6.07, 6.45) is 3.73. The van der Waals surface area contributed by atoms with Gasteiger partial charge >= 0.3 is 0 Å². The summed E-state index contributed by atoms with van der Waals surface area (Å²) in [7, 11) is 0. The first-order chi connectivity index (χ1) is 6.77. The lowest BCUT2D eigenvalue weighted by molar-refractivity contribution is 1.28. The van der Waals surface area contributed by atoms with E-state index in [2.05, 4.69) is 32.9 Å².